The van der Waals surface area contributed by atoms with Crippen LogP contribution in [0.3, 0.4) is 0 Å². The minimum Gasteiger partial charge on any atom is -0.444 e. The Morgan fingerprint density at radius 2 is 2.00 bits per heavy atom. The number of carbonyl (C=O) groups excluding carboxylic acids is 1. The second-order valence-electron chi connectivity index (χ2n) is 3.18. The molecular formula is C11H6Br2ClNO2. The average molecular weight is 379 g/mol. The number of carbonyl (C=O) groups is 1. The van der Waals surface area contributed by atoms with Gasteiger partial charge in [-0.25, -0.2) is 0 Å². The van der Waals surface area contributed by atoms with E-state index in [9.17, 15) is 4.79 Å². The van der Waals surface area contributed by atoms with Gasteiger partial charge in [-0.2, -0.15) is 0 Å². The Bertz CT molecular complexity index is 568. The van der Waals surface area contributed by atoms with Crippen LogP contribution in [0, 0.1) is 0 Å². The van der Waals surface area contributed by atoms with Crippen molar-refractivity contribution in [2.24, 2.45) is 0 Å². The molecule has 3 nitrogen and oxygen atoms in total. The van der Waals surface area contributed by atoms with Gasteiger partial charge in [0.2, 0.25) is 0 Å². The zero-order valence-electron chi connectivity index (χ0n) is 8.34. The first-order valence-corrected chi connectivity index (χ1v) is 6.54. The van der Waals surface area contributed by atoms with Crippen LogP contribution in [0.25, 0.3) is 0 Å². The van der Waals surface area contributed by atoms with Crippen molar-refractivity contribution in [2.45, 2.75) is 0 Å². The van der Waals surface area contributed by atoms with Gasteiger partial charge in [0.15, 0.2) is 10.4 Å². The topological polar surface area (TPSA) is 42.2 Å². The van der Waals surface area contributed by atoms with E-state index in [-0.39, 0.29) is 11.7 Å². The van der Waals surface area contributed by atoms with E-state index in [1.807, 2.05) is 0 Å². The van der Waals surface area contributed by atoms with E-state index in [1.165, 1.54) is 0 Å². The van der Waals surface area contributed by atoms with E-state index < -0.39 is 0 Å². The van der Waals surface area contributed by atoms with Gasteiger partial charge in [0.25, 0.3) is 5.91 Å². The predicted molar refractivity (Wildman–Crippen MR) is 73.5 cm³/mol. The number of halogens is 3. The fraction of sp³-hybridized carbons (Fsp3) is 0. The summed E-state index contributed by atoms with van der Waals surface area (Å²) in [6, 6.07) is 8.43. The van der Waals surface area contributed by atoms with Crippen LogP contribution < -0.4 is 5.32 Å². The molecule has 0 unspecified atom stereocenters. The average Bonchev–Trinajstić information content (AvgIpc) is 2.69. The Morgan fingerprint density at radius 3 is 2.59 bits per heavy atom. The summed E-state index contributed by atoms with van der Waals surface area (Å²) in [4.78, 5) is 11.8. The summed E-state index contributed by atoms with van der Waals surface area (Å²) in [5, 5.41) is 3.12. The van der Waals surface area contributed by atoms with Gasteiger partial charge in [-0.3, -0.25) is 4.79 Å². The Labute approximate surface area is 119 Å². The normalized spacial score (nSPS) is 10.3. The summed E-state index contributed by atoms with van der Waals surface area (Å²) < 4.78 is 6.49. The quantitative estimate of drug-likeness (QED) is 0.821. The van der Waals surface area contributed by atoms with Crippen LogP contribution in [-0.2, 0) is 0 Å². The third kappa shape index (κ3) is 3.12. The molecule has 0 fully saturated rings. The molecule has 0 bridgehead atoms. The van der Waals surface area contributed by atoms with Crippen molar-refractivity contribution in [1.29, 1.82) is 0 Å². The lowest BCUT2D eigenvalue weighted by molar-refractivity contribution is 0.0995. The number of hydrogen-bond acceptors (Lipinski definition) is 2. The Balaban J connectivity index is 2.18. The Hall–Kier alpha value is -0.780. The van der Waals surface area contributed by atoms with Gasteiger partial charge in [-0.1, -0.05) is 27.5 Å². The molecule has 0 spiro atoms. The van der Waals surface area contributed by atoms with Gasteiger partial charge >= 0.3 is 0 Å². The minimum atomic E-state index is -0.347. The third-order valence-corrected chi connectivity index (χ3v) is 3.21. The number of anilines is 1. The molecule has 0 aliphatic heterocycles. The predicted octanol–water partition coefficient (Wildman–Crippen LogP) is 4.71. The highest BCUT2D eigenvalue weighted by atomic mass is 79.9. The molecule has 1 aromatic heterocycles. The minimum absolute atomic E-state index is 0.218. The molecule has 0 saturated carbocycles. The van der Waals surface area contributed by atoms with Crippen molar-refractivity contribution in [3.63, 3.8) is 0 Å². The fourth-order valence-electron chi connectivity index (χ4n) is 1.21. The van der Waals surface area contributed by atoms with Gasteiger partial charge in [0.05, 0.1) is 10.7 Å². The highest BCUT2D eigenvalue weighted by molar-refractivity contribution is 9.10. The molecular weight excluding hydrogens is 373 g/mol. The summed E-state index contributed by atoms with van der Waals surface area (Å²) in [5.74, 6) is -0.129. The van der Waals surface area contributed by atoms with Gasteiger partial charge in [0, 0.05) is 4.47 Å². The molecule has 0 saturated heterocycles. The molecule has 88 valence electrons. The largest absolute Gasteiger partial charge is 0.444 e. The monoisotopic (exact) mass is 377 g/mol. The van der Waals surface area contributed by atoms with Gasteiger partial charge < -0.3 is 9.73 Å². The summed E-state index contributed by atoms with van der Waals surface area (Å²) in [7, 11) is 0. The number of hydrogen-bond donors (Lipinski definition) is 1. The lowest BCUT2D eigenvalue weighted by Gasteiger charge is -2.05. The van der Waals surface area contributed by atoms with E-state index in [2.05, 4.69) is 37.2 Å². The molecule has 2 aromatic rings. The lowest BCUT2D eigenvalue weighted by Crippen LogP contribution is -2.11. The summed E-state index contributed by atoms with van der Waals surface area (Å²) >= 11 is 12.4. The summed E-state index contributed by atoms with van der Waals surface area (Å²) in [5.41, 5.74) is 0.535. The zero-order chi connectivity index (χ0) is 12.4. The van der Waals surface area contributed by atoms with E-state index in [0.29, 0.717) is 15.4 Å². The van der Waals surface area contributed by atoms with Crippen molar-refractivity contribution in [3.8, 4) is 0 Å². The van der Waals surface area contributed by atoms with Crippen LogP contribution in [0.5, 0.6) is 0 Å². The van der Waals surface area contributed by atoms with Crippen molar-refractivity contribution in [2.75, 3.05) is 5.32 Å². The lowest BCUT2D eigenvalue weighted by atomic mass is 10.3. The Kier molecular flexibility index (Phi) is 3.91. The molecule has 2 rings (SSSR count). The molecule has 0 radical (unpaired) electrons. The zero-order valence-corrected chi connectivity index (χ0v) is 12.3. The van der Waals surface area contributed by atoms with Crippen molar-refractivity contribution in [3.05, 3.63) is 50.3 Å². The number of furan rings is 1. The van der Waals surface area contributed by atoms with Crippen LogP contribution in [-0.4, -0.2) is 5.91 Å². The number of rotatable bonds is 2. The van der Waals surface area contributed by atoms with Crippen LogP contribution >= 0.6 is 43.5 Å². The van der Waals surface area contributed by atoms with Gasteiger partial charge in [-0.05, 0) is 46.3 Å². The smallest absolute Gasteiger partial charge is 0.291 e. The van der Waals surface area contributed by atoms with Crippen molar-refractivity contribution < 1.29 is 9.21 Å². The maximum Gasteiger partial charge on any atom is 0.291 e. The first-order valence-electron chi connectivity index (χ1n) is 4.58. The van der Waals surface area contributed by atoms with Gasteiger partial charge in [0.1, 0.15) is 0 Å². The summed E-state index contributed by atoms with van der Waals surface area (Å²) in [6.07, 6.45) is 0. The molecule has 6 heteroatoms. The SMILES string of the molecule is O=C(Nc1ccc(Br)cc1Cl)c1ccc(Br)o1. The maximum atomic E-state index is 11.8. The first kappa shape index (κ1) is 12.7. The molecule has 0 aliphatic carbocycles. The molecule has 0 aliphatic rings. The van der Waals surface area contributed by atoms with Gasteiger partial charge in [-0.15, -0.1) is 0 Å². The highest BCUT2D eigenvalue weighted by Gasteiger charge is 2.12. The molecule has 1 amide bonds. The second-order valence-corrected chi connectivity index (χ2v) is 5.29. The Morgan fingerprint density at radius 1 is 1.24 bits per heavy atom. The number of benzene rings is 1. The standard InChI is InChI=1S/C11H6Br2ClNO2/c12-6-1-2-8(7(14)5-6)15-11(16)9-3-4-10(13)17-9/h1-5H,(H,15,16). The fourth-order valence-corrected chi connectivity index (χ4v) is 2.24. The maximum absolute atomic E-state index is 11.8. The van der Waals surface area contributed by atoms with E-state index in [1.54, 1.807) is 30.3 Å². The van der Waals surface area contributed by atoms with Crippen molar-refractivity contribution >= 4 is 55.1 Å². The molecule has 1 aromatic carbocycles. The highest BCUT2D eigenvalue weighted by Crippen LogP contribution is 2.26. The first-order chi connectivity index (χ1) is 8.06. The van der Waals surface area contributed by atoms with E-state index >= 15 is 0 Å². The number of nitrogens with one attached hydrogen (secondary N) is 1. The second kappa shape index (κ2) is 5.25. The van der Waals surface area contributed by atoms with E-state index in [4.69, 9.17) is 16.0 Å². The molecule has 17 heavy (non-hydrogen) atoms. The van der Waals surface area contributed by atoms with Crippen LogP contribution in [0.4, 0.5) is 5.69 Å². The molecule has 1 heterocycles. The van der Waals surface area contributed by atoms with Crippen LogP contribution in [0.2, 0.25) is 5.02 Å². The van der Waals surface area contributed by atoms with E-state index in [0.717, 1.165) is 4.47 Å². The van der Waals surface area contributed by atoms with Crippen molar-refractivity contribution in [1.82, 2.24) is 0 Å². The molecule has 1 N–H and O–H groups in total. The summed E-state index contributed by atoms with van der Waals surface area (Å²) in [6.45, 7) is 0. The number of amides is 1. The van der Waals surface area contributed by atoms with Crippen LogP contribution in [0.1, 0.15) is 10.6 Å². The molecule has 0 atom stereocenters. The van der Waals surface area contributed by atoms with Crippen LogP contribution in [0.15, 0.2) is 43.9 Å². The third-order valence-electron chi connectivity index (χ3n) is 1.98.